The average molecular weight is 386 g/mol. The van der Waals surface area contributed by atoms with Crippen LogP contribution >= 0.6 is 0 Å². The van der Waals surface area contributed by atoms with E-state index in [2.05, 4.69) is 5.32 Å². The van der Waals surface area contributed by atoms with Crippen molar-refractivity contribution in [3.63, 3.8) is 0 Å². The second-order valence-electron chi connectivity index (χ2n) is 5.90. The molecule has 146 valence electrons. The zero-order chi connectivity index (χ0) is 19.2. The van der Waals surface area contributed by atoms with Crippen LogP contribution in [0.25, 0.3) is 0 Å². The van der Waals surface area contributed by atoms with Crippen molar-refractivity contribution in [3.8, 4) is 11.5 Å². The Balaban J connectivity index is 2.13. The molecule has 0 aromatic heterocycles. The molecular formula is C17H26N2O6S. The maximum atomic E-state index is 12.4. The van der Waals surface area contributed by atoms with Gasteiger partial charge in [-0.2, -0.15) is 0 Å². The smallest absolute Gasteiger partial charge is 0.243 e. The molecule has 1 heterocycles. The van der Waals surface area contributed by atoms with Gasteiger partial charge in [0.25, 0.3) is 0 Å². The minimum absolute atomic E-state index is 0.355. The van der Waals surface area contributed by atoms with Gasteiger partial charge in [0.2, 0.25) is 15.9 Å². The van der Waals surface area contributed by atoms with E-state index in [0.717, 1.165) is 10.6 Å². The first-order valence-electron chi connectivity index (χ1n) is 8.59. The summed E-state index contributed by atoms with van der Waals surface area (Å²) in [4.78, 5) is 12.4. The van der Waals surface area contributed by atoms with Crippen LogP contribution in [0.2, 0.25) is 0 Å². The normalized spacial score (nSPS) is 14.6. The van der Waals surface area contributed by atoms with Gasteiger partial charge in [-0.3, -0.25) is 9.10 Å². The monoisotopic (exact) mass is 386 g/mol. The minimum Gasteiger partial charge on any atom is -0.486 e. The summed E-state index contributed by atoms with van der Waals surface area (Å²) in [7, 11) is -3.68. The number of carbonyl (C=O) groups excluding carboxylic acids is 1. The van der Waals surface area contributed by atoms with Crippen LogP contribution in [0, 0.1) is 0 Å². The summed E-state index contributed by atoms with van der Waals surface area (Å²) in [6.07, 6.45) is 1.73. The highest BCUT2D eigenvalue weighted by Crippen LogP contribution is 2.35. The second kappa shape index (κ2) is 9.09. The van der Waals surface area contributed by atoms with Crippen LogP contribution in [0.5, 0.6) is 11.5 Å². The molecule has 0 bridgehead atoms. The van der Waals surface area contributed by atoms with Gasteiger partial charge >= 0.3 is 0 Å². The van der Waals surface area contributed by atoms with E-state index in [1.165, 1.54) is 0 Å². The third kappa shape index (κ3) is 5.25. The number of ether oxygens (including phenoxy) is 3. The van der Waals surface area contributed by atoms with Crippen molar-refractivity contribution in [1.82, 2.24) is 5.32 Å². The zero-order valence-electron chi connectivity index (χ0n) is 15.4. The van der Waals surface area contributed by atoms with E-state index in [1.54, 1.807) is 25.1 Å². The lowest BCUT2D eigenvalue weighted by Gasteiger charge is -2.29. The lowest BCUT2D eigenvalue weighted by atomic mass is 10.2. The molecule has 1 aromatic carbocycles. The SMILES string of the molecule is CCOCCCNC(=O)[C@H](C)N(c1ccc2c(c1)OCCO2)S(C)(=O)=O. The van der Waals surface area contributed by atoms with Crippen molar-refractivity contribution in [1.29, 1.82) is 0 Å². The zero-order valence-corrected chi connectivity index (χ0v) is 16.2. The van der Waals surface area contributed by atoms with Gasteiger partial charge in [-0.05, 0) is 32.4 Å². The first kappa shape index (κ1) is 20.3. The quantitative estimate of drug-likeness (QED) is 0.640. The standard InChI is InChI=1S/C17H26N2O6S/c1-4-23-9-5-8-18-17(20)13(2)19(26(3,21)22)14-6-7-15-16(12-14)25-11-10-24-15/h6-7,12-13H,4-5,8-11H2,1-3H3,(H,18,20)/t13-/m0/s1. The summed E-state index contributed by atoms with van der Waals surface area (Å²) in [6.45, 7) is 5.88. The summed E-state index contributed by atoms with van der Waals surface area (Å²) in [5.74, 6) is 0.648. The Morgan fingerprint density at radius 2 is 2.00 bits per heavy atom. The molecule has 8 nitrogen and oxygen atoms in total. The number of carbonyl (C=O) groups is 1. The van der Waals surface area contributed by atoms with Crippen molar-refractivity contribution in [3.05, 3.63) is 18.2 Å². The summed E-state index contributed by atoms with van der Waals surface area (Å²) in [5, 5.41) is 2.74. The number of hydrogen-bond acceptors (Lipinski definition) is 6. The number of anilines is 1. The van der Waals surface area contributed by atoms with Crippen molar-refractivity contribution in [2.75, 3.05) is 43.5 Å². The van der Waals surface area contributed by atoms with Crippen molar-refractivity contribution >= 4 is 21.6 Å². The summed E-state index contributed by atoms with van der Waals surface area (Å²) in [5.41, 5.74) is 0.355. The molecule has 1 N–H and O–H groups in total. The van der Waals surface area contributed by atoms with Gasteiger partial charge in [0.1, 0.15) is 19.3 Å². The second-order valence-corrected chi connectivity index (χ2v) is 7.76. The van der Waals surface area contributed by atoms with Gasteiger partial charge in [0, 0.05) is 25.8 Å². The summed E-state index contributed by atoms with van der Waals surface area (Å²) < 4.78 is 41.9. The van der Waals surface area contributed by atoms with E-state index in [-0.39, 0.29) is 5.91 Å². The number of amides is 1. The maximum Gasteiger partial charge on any atom is 0.243 e. The summed E-state index contributed by atoms with van der Waals surface area (Å²) >= 11 is 0. The van der Waals surface area contributed by atoms with Crippen LogP contribution in [0.1, 0.15) is 20.3 Å². The van der Waals surface area contributed by atoms with Crippen molar-refractivity contribution in [2.45, 2.75) is 26.3 Å². The molecule has 26 heavy (non-hydrogen) atoms. The number of benzene rings is 1. The fourth-order valence-corrected chi connectivity index (χ4v) is 3.82. The number of sulfonamides is 1. The van der Waals surface area contributed by atoms with Gasteiger partial charge in [-0.1, -0.05) is 0 Å². The Hall–Kier alpha value is -2.00. The lowest BCUT2D eigenvalue weighted by molar-refractivity contribution is -0.121. The molecule has 1 aliphatic rings. The van der Waals surface area contributed by atoms with E-state index in [9.17, 15) is 13.2 Å². The Bertz CT molecular complexity index is 722. The predicted molar refractivity (Wildman–Crippen MR) is 98.3 cm³/mol. The lowest BCUT2D eigenvalue weighted by Crippen LogP contribution is -2.48. The highest BCUT2D eigenvalue weighted by atomic mass is 32.2. The number of hydrogen-bond donors (Lipinski definition) is 1. The van der Waals surface area contributed by atoms with Crippen LogP contribution in [0.15, 0.2) is 18.2 Å². The van der Waals surface area contributed by atoms with E-state index in [4.69, 9.17) is 14.2 Å². The van der Waals surface area contributed by atoms with Gasteiger partial charge in [0.05, 0.1) is 11.9 Å². The molecule has 0 unspecified atom stereocenters. The van der Waals surface area contributed by atoms with E-state index >= 15 is 0 Å². The first-order valence-corrected chi connectivity index (χ1v) is 10.4. The van der Waals surface area contributed by atoms with Gasteiger partial charge in [0.15, 0.2) is 11.5 Å². The third-order valence-electron chi connectivity index (χ3n) is 3.84. The third-order valence-corrected chi connectivity index (χ3v) is 5.08. The first-order chi connectivity index (χ1) is 12.3. The van der Waals surface area contributed by atoms with Gasteiger partial charge in [-0.25, -0.2) is 8.42 Å². The molecular weight excluding hydrogens is 360 g/mol. The van der Waals surface area contributed by atoms with Crippen LogP contribution < -0.4 is 19.1 Å². The maximum absolute atomic E-state index is 12.4. The highest BCUT2D eigenvalue weighted by Gasteiger charge is 2.30. The van der Waals surface area contributed by atoms with Crippen LogP contribution in [-0.4, -0.2) is 59.6 Å². The fourth-order valence-electron chi connectivity index (χ4n) is 2.66. The topological polar surface area (TPSA) is 94.2 Å². The average Bonchev–Trinajstić information content (AvgIpc) is 2.60. The molecule has 0 aliphatic carbocycles. The highest BCUT2D eigenvalue weighted by molar-refractivity contribution is 7.92. The summed E-state index contributed by atoms with van der Waals surface area (Å²) in [6, 6.07) is 3.93. The molecule has 1 aromatic rings. The molecule has 1 amide bonds. The van der Waals surface area contributed by atoms with Crippen LogP contribution in [0.3, 0.4) is 0 Å². The van der Waals surface area contributed by atoms with Crippen molar-refractivity contribution < 1.29 is 27.4 Å². The van der Waals surface area contributed by atoms with Gasteiger partial charge in [-0.15, -0.1) is 0 Å². The molecule has 1 atom stereocenters. The van der Waals surface area contributed by atoms with Crippen LogP contribution in [-0.2, 0) is 19.6 Å². The van der Waals surface area contributed by atoms with Gasteiger partial charge < -0.3 is 19.5 Å². The number of nitrogens with zero attached hydrogens (tertiary/aromatic N) is 1. The largest absolute Gasteiger partial charge is 0.486 e. The molecule has 0 saturated carbocycles. The molecule has 0 spiro atoms. The van der Waals surface area contributed by atoms with Crippen LogP contribution in [0.4, 0.5) is 5.69 Å². The predicted octanol–water partition coefficient (Wildman–Crippen LogP) is 1.16. The van der Waals surface area contributed by atoms with E-state index < -0.39 is 16.1 Å². The molecule has 0 radical (unpaired) electrons. The van der Waals surface area contributed by atoms with E-state index in [1.807, 2.05) is 6.92 Å². The molecule has 1 aliphatic heterocycles. The Kier molecular flexibility index (Phi) is 7.10. The number of nitrogens with one attached hydrogen (secondary N) is 1. The Morgan fingerprint density at radius 3 is 2.65 bits per heavy atom. The fraction of sp³-hybridized carbons (Fsp3) is 0.588. The molecule has 2 rings (SSSR count). The number of fused-ring (bicyclic) bond motifs is 1. The number of rotatable bonds is 9. The minimum atomic E-state index is -3.68. The Morgan fingerprint density at radius 1 is 1.31 bits per heavy atom. The molecule has 0 fully saturated rings. The molecule has 9 heteroatoms. The van der Waals surface area contributed by atoms with E-state index in [0.29, 0.717) is 56.6 Å². The molecule has 0 saturated heterocycles. The van der Waals surface area contributed by atoms with Crippen molar-refractivity contribution in [2.24, 2.45) is 0 Å². The Labute approximate surface area is 154 Å².